The molecule has 6 nitrogen and oxygen atoms in total. The Labute approximate surface area is 197 Å². The van der Waals surface area contributed by atoms with E-state index in [4.69, 9.17) is 4.74 Å². The van der Waals surface area contributed by atoms with Crippen LogP contribution in [-0.4, -0.2) is 23.4 Å². The molecule has 6 heteroatoms. The predicted molar refractivity (Wildman–Crippen MR) is 134 cm³/mol. The largest absolute Gasteiger partial charge is 0.497 e. The number of carbonyl (C=O) groups excluding carboxylic acids is 2. The maximum absolute atomic E-state index is 13.3. The molecule has 0 aliphatic carbocycles. The molecule has 1 aromatic heterocycles. The number of carbonyl (C=O) groups is 2. The van der Waals surface area contributed by atoms with Crippen LogP contribution in [0, 0.1) is 6.92 Å². The quantitative estimate of drug-likeness (QED) is 0.409. The van der Waals surface area contributed by atoms with E-state index in [9.17, 15) is 14.4 Å². The van der Waals surface area contributed by atoms with Gasteiger partial charge < -0.3 is 14.6 Å². The van der Waals surface area contributed by atoms with E-state index in [1.54, 1.807) is 48.1 Å². The molecule has 34 heavy (non-hydrogen) atoms. The molecule has 0 unspecified atom stereocenters. The summed E-state index contributed by atoms with van der Waals surface area (Å²) in [6, 6.07) is 19.7. The minimum Gasteiger partial charge on any atom is -0.497 e. The monoisotopic (exact) mass is 454 g/mol. The number of amides is 1. The second kappa shape index (κ2) is 9.75. The van der Waals surface area contributed by atoms with E-state index in [-0.39, 0.29) is 29.2 Å². The highest BCUT2D eigenvalue weighted by Gasteiger charge is 2.18. The SMILES string of the molecule is CCc1ccc2c(c1)c(=O)c(C(=O)c1ccc(C)cc1)cn2CC(=O)Nc1ccc(OC)cc1. The third-order valence-electron chi connectivity index (χ3n) is 5.80. The number of ketones is 1. The standard InChI is InChI=1S/C28H26N2O4/c1-4-19-7-14-25-23(15-19)28(33)24(27(32)20-8-5-18(2)6-9-20)16-30(25)17-26(31)29-21-10-12-22(34-3)13-11-21/h5-16H,4,17H2,1-3H3,(H,29,31). The lowest BCUT2D eigenvalue weighted by atomic mass is 10.00. The number of hydrogen-bond acceptors (Lipinski definition) is 4. The minimum absolute atomic E-state index is 0.0434. The fourth-order valence-electron chi connectivity index (χ4n) is 3.85. The van der Waals surface area contributed by atoms with Crippen molar-refractivity contribution in [1.82, 2.24) is 4.57 Å². The fourth-order valence-corrected chi connectivity index (χ4v) is 3.85. The first kappa shape index (κ1) is 23.0. The number of benzene rings is 3. The molecule has 0 spiro atoms. The Kier molecular flexibility index (Phi) is 6.59. The Hall–Kier alpha value is -4.19. The number of aryl methyl sites for hydroxylation is 2. The molecule has 4 aromatic rings. The summed E-state index contributed by atoms with van der Waals surface area (Å²) in [5, 5.41) is 3.28. The van der Waals surface area contributed by atoms with E-state index in [0.29, 0.717) is 27.9 Å². The van der Waals surface area contributed by atoms with Crippen molar-refractivity contribution in [2.75, 3.05) is 12.4 Å². The first-order chi connectivity index (χ1) is 16.4. The molecular formula is C28H26N2O4. The number of nitrogens with one attached hydrogen (secondary N) is 1. The Bertz CT molecular complexity index is 1420. The summed E-state index contributed by atoms with van der Waals surface area (Å²) in [6.45, 7) is 3.89. The summed E-state index contributed by atoms with van der Waals surface area (Å²) in [4.78, 5) is 39.4. The molecule has 0 bridgehead atoms. The van der Waals surface area contributed by atoms with Gasteiger partial charge in [0, 0.05) is 22.8 Å². The Morgan fingerprint density at radius 2 is 1.68 bits per heavy atom. The van der Waals surface area contributed by atoms with Crippen molar-refractivity contribution in [3.8, 4) is 5.75 Å². The van der Waals surface area contributed by atoms with Crippen molar-refractivity contribution >= 4 is 28.3 Å². The maximum atomic E-state index is 13.3. The minimum atomic E-state index is -0.363. The molecule has 0 aliphatic heterocycles. The van der Waals surface area contributed by atoms with Crippen molar-refractivity contribution in [3.05, 3.63) is 105 Å². The van der Waals surface area contributed by atoms with E-state index in [1.807, 2.05) is 44.2 Å². The van der Waals surface area contributed by atoms with Gasteiger partial charge in [-0.15, -0.1) is 0 Å². The van der Waals surface area contributed by atoms with Crippen molar-refractivity contribution < 1.29 is 14.3 Å². The lowest BCUT2D eigenvalue weighted by molar-refractivity contribution is -0.116. The van der Waals surface area contributed by atoms with Crippen LogP contribution in [0.15, 0.2) is 77.7 Å². The molecule has 0 saturated heterocycles. The van der Waals surface area contributed by atoms with Crippen LogP contribution >= 0.6 is 0 Å². The van der Waals surface area contributed by atoms with Gasteiger partial charge in [0.25, 0.3) is 0 Å². The van der Waals surface area contributed by atoms with Crippen LogP contribution in [0.2, 0.25) is 0 Å². The number of methoxy groups -OCH3 is 1. The van der Waals surface area contributed by atoms with E-state index in [0.717, 1.165) is 17.5 Å². The third-order valence-corrected chi connectivity index (χ3v) is 5.80. The lowest BCUT2D eigenvalue weighted by Crippen LogP contribution is -2.24. The number of anilines is 1. The van der Waals surface area contributed by atoms with Crippen LogP contribution in [0.3, 0.4) is 0 Å². The highest BCUT2D eigenvalue weighted by atomic mass is 16.5. The molecule has 1 heterocycles. The van der Waals surface area contributed by atoms with Gasteiger partial charge in [-0.2, -0.15) is 0 Å². The van der Waals surface area contributed by atoms with Gasteiger partial charge in [0.1, 0.15) is 12.3 Å². The van der Waals surface area contributed by atoms with Gasteiger partial charge in [0.2, 0.25) is 11.3 Å². The average molecular weight is 455 g/mol. The number of hydrogen-bond donors (Lipinski definition) is 1. The first-order valence-corrected chi connectivity index (χ1v) is 11.1. The zero-order valence-corrected chi connectivity index (χ0v) is 19.4. The van der Waals surface area contributed by atoms with Crippen LogP contribution in [0.4, 0.5) is 5.69 Å². The zero-order chi connectivity index (χ0) is 24.2. The molecular weight excluding hydrogens is 428 g/mol. The topological polar surface area (TPSA) is 77.4 Å². The average Bonchev–Trinajstić information content (AvgIpc) is 2.86. The second-order valence-corrected chi connectivity index (χ2v) is 8.18. The van der Waals surface area contributed by atoms with Gasteiger partial charge in [0.15, 0.2) is 5.78 Å². The molecule has 1 N–H and O–H groups in total. The molecule has 0 fully saturated rings. The maximum Gasteiger partial charge on any atom is 0.244 e. The molecule has 4 rings (SSSR count). The van der Waals surface area contributed by atoms with E-state index in [1.165, 1.54) is 6.20 Å². The first-order valence-electron chi connectivity index (χ1n) is 11.1. The number of pyridine rings is 1. The van der Waals surface area contributed by atoms with Crippen molar-refractivity contribution in [2.24, 2.45) is 0 Å². The van der Waals surface area contributed by atoms with Gasteiger partial charge in [-0.05, 0) is 55.3 Å². The van der Waals surface area contributed by atoms with E-state index >= 15 is 0 Å². The smallest absolute Gasteiger partial charge is 0.244 e. The molecule has 1 amide bonds. The van der Waals surface area contributed by atoms with Crippen LogP contribution in [0.1, 0.15) is 34.0 Å². The van der Waals surface area contributed by atoms with Crippen molar-refractivity contribution in [2.45, 2.75) is 26.8 Å². The van der Waals surface area contributed by atoms with E-state index in [2.05, 4.69) is 5.32 Å². The van der Waals surface area contributed by atoms with Gasteiger partial charge in [-0.1, -0.05) is 42.8 Å². The Morgan fingerprint density at radius 1 is 0.971 bits per heavy atom. The number of fused-ring (bicyclic) bond motifs is 1. The lowest BCUT2D eigenvalue weighted by Gasteiger charge is -2.14. The third kappa shape index (κ3) is 4.76. The second-order valence-electron chi connectivity index (χ2n) is 8.18. The van der Waals surface area contributed by atoms with Crippen molar-refractivity contribution in [3.63, 3.8) is 0 Å². The molecule has 0 radical (unpaired) electrons. The molecule has 172 valence electrons. The number of aromatic nitrogens is 1. The van der Waals surface area contributed by atoms with Gasteiger partial charge in [-0.3, -0.25) is 14.4 Å². The van der Waals surface area contributed by atoms with Crippen LogP contribution < -0.4 is 15.5 Å². The van der Waals surface area contributed by atoms with Crippen LogP contribution in [0.5, 0.6) is 5.75 Å². The zero-order valence-electron chi connectivity index (χ0n) is 19.4. The Balaban J connectivity index is 1.74. The molecule has 3 aromatic carbocycles. The van der Waals surface area contributed by atoms with Gasteiger partial charge in [-0.25, -0.2) is 0 Å². The molecule has 0 atom stereocenters. The summed E-state index contributed by atoms with van der Waals surface area (Å²) in [5.74, 6) is 0.0527. The summed E-state index contributed by atoms with van der Waals surface area (Å²) < 4.78 is 6.81. The summed E-state index contributed by atoms with van der Waals surface area (Å²) in [6.07, 6.45) is 2.25. The number of nitrogens with zero attached hydrogens (tertiary/aromatic N) is 1. The summed E-state index contributed by atoms with van der Waals surface area (Å²) in [7, 11) is 1.58. The highest BCUT2D eigenvalue weighted by molar-refractivity contribution is 6.10. The fraction of sp³-hybridized carbons (Fsp3) is 0.179. The van der Waals surface area contributed by atoms with Crippen LogP contribution in [0.25, 0.3) is 10.9 Å². The van der Waals surface area contributed by atoms with E-state index < -0.39 is 0 Å². The number of rotatable bonds is 7. The molecule has 0 aliphatic rings. The van der Waals surface area contributed by atoms with Crippen LogP contribution in [-0.2, 0) is 17.8 Å². The summed E-state index contributed by atoms with van der Waals surface area (Å²) in [5.41, 5.74) is 3.38. The normalized spacial score (nSPS) is 10.8. The molecule has 0 saturated carbocycles. The highest BCUT2D eigenvalue weighted by Crippen LogP contribution is 2.19. The predicted octanol–water partition coefficient (Wildman–Crippen LogP) is 4.75. The summed E-state index contributed by atoms with van der Waals surface area (Å²) >= 11 is 0. The Morgan fingerprint density at radius 3 is 2.32 bits per heavy atom. The van der Waals surface area contributed by atoms with Crippen molar-refractivity contribution in [1.29, 1.82) is 0 Å². The van der Waals surface area contributed by atoms with Gasteiger partial charge in [0.05, 0.1) is 18.2 Å². The number of ether oxygens (including phenoxy) is 1. The van der Waals surface area contributed by atoms with Gasteiger partial charge >= 0.3 is 0 Å².